The van der Waals surface area contributed by atoms with Gasteiger partial charge in [0, 0.05) is 11.6 Å². The van der Waals surface area contributed by atoms with E-state index in [-0.39, 0.29) is 23.1 Å². The second-order valence-corrected chi connectivity index (χ2v) is 5.52. The Labute approximate surface area is 108 Å². The van der Waals surface area contributed by atoms with Crippen molar-refractivity contribution >= 4 is 5.91 Å². The average Bonchev–Trinajstić information content (AvgIpc) is 2.28. The number of hydrogen-bond acceptors (Lipinski definition) is 3. The third-order valence-electron chi connectivity index (χ3n) is 2.94. The zero-order chi connectivity index (χ0) is 13.8. The van der Waals surface area contributed by atoms with E-state index in [2.05, 4.69) is 26.1 Å². The van der Waals surface area contributed by atoms with Crippen LogP contribution in [0.2, 0.25) is 0 Å². The molecule has 0 heterocycles. The van der Waals surface area contributed by atoms with Gasteiger partial charge < -0.3 is 16.2 Å². The van der Waals surface area contributed by atoms with Gasteiger partial charge in [-0.3, -0.25) is 4.79 Å². The summed E-state index contributed by atoms with van der Waals surface area (Å²) >= 11 is 0. The van der Waals surface area contributed by atoms with Gasteiger partial charge in [0.05, 0.1) is 0 Å². The van der Waals surface area contributed by atoms with E-state index in [0.717, 1.165) is 6.42 Å². The molecule has 4 N–H and O–H groups in total. The molecule has 1 atom stereocenters. The van der Waals surface area contributed by atoms with Crippen LogP contribution in [-0.2, 0) is 0 Å². The normalized spacial score (nSPS) is 13.1. The molecule has 1 unspecified atom stereocenters. The van der Waals surface area contributed by atoms with Gasteiger partial charge in [-0.05, 0) is 42.6 Å². The van der Waals surface area contributed by atoms with Crippen molar-refractivity contribution in [2.75, 3.05) is 6.54 Å². The molecule has 0 saturated carbocycles. The van der Waals surface area contributed by atoms with Gasteiger partial charge in [0.25, 0.3) is 5.91 Å². The van der Waals surface area contributed by atoms with E-state index in [0.29, 0.717) is 12.1 Å². The first kappa shape index (κ1) is 14.5. The Morgan fingerprint density at radius 2 is 1.89 bits per heavy atom. The molecule has 0 aliphatic heterocycles. The Kier molecular flexibility index (Phi) is 4.73. The zero-order valence-corrected chi connectivity index (χ0v) is 11.2. The lowest BCUT2D eigenvalue weighted by Crippen LogP contribution is -2.44. The smallest absolute Gasteiger partial charge is 0.251 e. The number of phenols is 1. The standard InChI is InChI=1S/C14H22N2O2/c1-14(2,3)12(8-9-15)16-13(18)10-4-6-11(17)7-5-10/h4-7,12,17H,8-9,15H2,1-3H3,(H,16,18). The highest BCUT2D eigenvalue weighted by molar-refractivity contribution is 5.94. The molecule has 1 amide bonds. The van der Waals surface area contributed by atoms with Gasteiger partial charge in [-0.2, -0.15) is 0 Å². The van der Waals surface area contributed by atoms with Gasteiger partial charge >= 0.3 is 0 Å². The highest BCUT2D eigenvalue weighted by Gasteiger charge is 2.25. The number of phenolic OH excluding ortho intramolecular Hbond substituents is 1. The Morgan fingerprint density at radius 3 is 2.33 bits per heavy atom. The molecule has 1 aromatic rings. The first-order valence-corrected chi connectivity index (χ1v) is 6.14. The van der Waals surface area contributed by atoms with Crippen molar-refractivity contribution < 1.29 is 9.90 Å². The minimum Gasteiger partial charge on any atom is -0.508 e. The fraction of sp³-hybridized carbons (Fsp3) is 0.500. The third kappa shape index (κ3) is 4.04. The largest absolute Gasteiger partial charge is 0.508 e. The number of aromatic hydroxyl groups is 1. The van der Waals surface area contributed by atoms with E-state index in [1.165, 1.54) is 12.1 Å². The Bertz CT molecular complexity index is 393. The summed E-state index contributed by atoms with van der Waals surface area (Å²) < 4.78 is 0. The summed E-state index contributed by atoms with van der Waals surface area (Å²) in [5, 5.41) is 12.2. The third-order valence-corrected chi connectivity index (χ3v) is 2.94. The highest BCUT2D eigenvalue weighted by atomic mass is 16.3. The second kappa shape index (κ2) is 5.87. The van der Waals surface area contributed by atoms with Crippen LogP contribution in [0, 0.1) is 5.41 Å². The summed E-state index contributed by atoms with van der Waals surface area (Å²) in [6.07, 6.45) is 0.743. The number of nitrogens with two attached hydrogens (primary N) is 1. The minimum atomic E-state index is -0.136. The predicted octanol–water partition coefficient (Wildman–Crippen LogP) is 1.89. The molecule has 1 rings (SSSR count). The number of hydrogen-bond donors (Lipinski definition) is 3. The van der Waals surface area contributed by atoms with Crippen LogP contribution in [0.1, 0.15) is 37.6 Å². The number of carbonyl (C=O) groups is 1. The molecule has 0 aliphatic rings. The summed E-state index contributed by atoms with van der Waals surface area (Å²) in [5.41, 5.74) is 6.08. The number of nitrogens with one attached hydrogen (secondary N) is 1. The van der Waals surface area contributed by atoms with Crippen molar-refractivity contribution in [1.29, 1.82) is 0 Å². The van der Waals surface area contributed by atoms with E-state index in [1.54, 1.807) is 12.1 Å². The van der Waals surface area contributed by atoms with Gasteiger partial charge in [0.1, 0.15) is 5.75 Å². The van der Waals surface area contributed by atoms with Crippen LogP contribution in [0.25, 0.3) is 0 Å². The molecule has 0 radical (unpaired) electrons. The van der Waals surface area contributed by atoms with Crippen LogP contribution >= 0.6 is 0 Å². The molecular formula is C14H22N2O2. The molecule has 4 nitrogen and oxygen atoms in total. The lowest BCUT2D eigenvalue weighted by molar-refractivity contribution is 0.0899. The minimum absolute atomic E-state index is 0.0313. The van der Waals surface area contributed by atoms with Crippen molar-refractivity contribution in [3.8, 4) is 5.75 Å². The molecule has 100 valence electrons. The van der Waals surface area contributed by atoms with Crippen molar-refractivity contribution in [2.45, 2.75) is 33.2 Å². The monoisotopic (exact) mass is 250 g/mol. The number of rotatable bonds is 4. The molecule has 0 saturated heterocycles. The van der Waals surface area contributed by atoms with E-state index < -0.39 is 0 Å². The first-order chi connectivity index (χ1) is 8.34. The van der Waals surface area contributed by atoms with E-state index in [1.807, 2.05) is 0 Å². The van der Waals surface area contributed by atoms with Gasteiger partial charge in [0.15, 0.2) is 0 Å². The van der Waals surface area contributed by atoms with Crippen LogP contribution in [0.5, 0.6) is 5.75 Å². The van der Waals surface area contributed by atoms with E-state index in [4.69, 9.17) is 5.73 Å². The molecule has 0 aliphatic carbocycles. The highest BCUT2D eigenvalue weighted by Crippen LogP contribution is 2.22. The maximum absolute atomic E-state index is 12.1. The number of carbonyl (C=O) groups excluding carboxylic acids is 1. The number of benzene rings is 1. The lowest BCUT2D eigenvalue weighted by Gasteiger charge is -2.31. The molecular weight excluding hydrogens is 228 g/mol. The van der Waals surface area contributed by atoms with Gasteiger partial charge in [-0.1, -0.05) is 20.8 Å². The van der Waals surface area contributed by atoms with Crippen LogP contribution in [0.4, 0.5) is 0 Å². The Morgan fingerprint density at radius 1 is 1.33 bits per heavy atom. The Balaban J connectivity index is 2.75. The molecule has 0 bridgehead atoms. The average molecular weight is 250 g/mol. The second-order valence-electron chi connectivity index (χ2n) is 5.52. The molecule has 0 spiro atoms. The summed E-state index contributed by atoms with van der Waals surface area (Å²) in [6, 6.07) is 6.25. The fourth-order valence-electron chi connectivity index (χ4n) is 1.74. The van der Waals surface area contributed by atoms with E-state index in [9.17, 15) is 9.90 Å². The maximum Gasteiger partial charge on any atom is 0.251 e. The van der Waals surface area contributed by atoms with Crippen molar-refractivity contribution in [2.24, 2.45) is 11.1 Å². The molecule has 0 aromatic heterocycles. The summed E-state index contributed by atoms with van der Waals surface area (Å²) in [7, 11) is 0. The molecule has 4 heteroatoms. The van der Waals surface area contributed by atoms with E-state index >= 15 is 0 Å². The molecule has 0 fully saturated rings. The van der Waals surface area contributed by atoms with Crippen LogP contribution in [0.3, 0.4) is 0 Å². The quantitative estimate of drug-likeness (QED) is 0.763. The topological polar surface area (TPSA) is 75.3 Å². The van der Waals surface area contributed by atoms with Crippen molar-refractivity contribution in [3.63, 3.8) is 0 Å². The number of amides is 1. The first-order valence-electron chi connectivity index (χ1n) is 6.14. The summed E-state index contributed by atoms with van der Waals surface area (Å²) in [6.45, 7) is 6.76. The summed E-state index contributed by atoms with van der Waals surface area (Å²) in [4.78, 5) is 12.1. The van der Waals surface area contributed by atoms with Crippen LogP contribution < -0.4 is 11.1 Å². The van der Waals surface area contributed by atoms with Crippen LogP contribution in [-0.4, -0.2) is 23.6 Å². The fourth-order valence-corrected chi connectivity index (χ4v) is 1.74. The lowest BCUT2D eigenvalue weighted by atomic mass is 9.84. The van der Waals surface area contributed by atoms with Crippen LogP contribution in [0.15, 0.2) is 24.3 Å². The molecule has 18 heavy (non-hydrogen) atoms. The zero-order valence-electron chi connectivity index (χ0n) is 11.2. The van der Waals surface area contributed by atoms with Gasteiger partial charge in [-0.25, -0.2) is 0 Å². The predicted molar refractivity (Wildman–Crippen MR) is 72.5 cm³/mol. The SMILES string of the molecule is CC(C)(C)C(CCN)NC(=O)c1ccc(O)cc1. The molecule has 1 aromatic carbocycles. The van der Waals surface area contributed by atoms with Crippen molar-refractivity contribution in [3.05, 3.63) is 29.8 Å². The maximum atomic E-state index is 12.1. The Hall–Kier alpha value is -1.55. The van der Waals surface area contributed by atoms with Crippen molar-refractivity contribution in [1.82, 2.24) is 5.32 Å². The van der Waals surface area contributed by atoms with Gasteiger partial charge in [-0.15, -0.1) is 0 Å². The van der Waals surface area contributed by atoms with Gasteiger partial charge in [0.2, 0.25) is 0 Å². The summed E-state index contributed by atoms with van der Waals surface area (Å²) in [5.74, 6) is 0.0178.